The lowest BCUT2D eigenvalue weighted by Gasteiger charge is -2.24. The molecule has 2 amide bonds. The fourth-order valence-corrected chi connectivity index (χ4v) is 2.35. The van der Waals surface area contributed by atoms with Gasteiger partial charge < -0.3 is 5.32 Å². The highest BCUT2D eigenvalue weighted by molar-refractivity contribution is 6.05. The van der Waals surface area contributed by atoms with E-state index >= 15 is 0 Å². The van der Waals surface area contributed by atoms with E-state index in [-0.39, 0.29) is 23.9 Å². The number of carbonyl (C=O) groups is 2. The topological polar surface area (TPSA) is 49.4 Å². The van der Waals surface area contributed by atoms with Crippen LogP contribution >= 0.6 is 0 Å². The van der Waals surface area contributed by atoms with Gasteiger partial charge in [0.15, 0.2) is 0 Å². The van der Waals surface area contributed by atoms with E-state index in [4.69, 9.17) is 0 Å². The first kappa shape index (κ1) is 11.6. The molecule has 1 saturated heterocycles. The maximum absolute atomic E-state index is 12.1. The molecule has 1 heterocycles. The van der Waals surface area contributed by atoms with E-state index in [9.17, 15) is 9.59 Å². The number of nitrogens with zero attached hydrogens (tertiary/aromatic N) is 1. The number of carbonyl (C=O) groups excluding carboxylic acids is 2. The second-order valence-electron chi connectivity index (χ2n) is 4.77. The predicted octanol–water partition coefficient (Wildman–Crippen LogP) is 1.05. The van der Waals surface area contributed by atoms with E-state index in [1.807, 2.05) is 13.8 Å². The van der Waals surface area contributed by atoms with Crippen LogP contribution < -0.4 is 5.32 Å². The quantitative estimate of drug-likeness (QED) is 0.710. The van der Waals surface area contributed by atoms with Crippen molar-refractivity contribution < 1.29 is 9.59 Å². The van der Waals surface area contributed by atoms with Gasteiger partial charge in [0.2, 0.25) is 11.8 Å². The highest BCUT2D eigenvalue weighted by Gasteiger charge is 2.43. The molecule has 16 heavy (non-hydrogen) atoms. The average Bonchev–Trinajstić information content (AvgIpc) is 3.02. The van der Waals surface area contributed by atoms with Crippen LogP contribution in [0.4, 0.5) is 0 Å². The summed E-state index contributed by atoms with van der Waals surface area (Å²) in [7, 11) is 0. The minimum atomic E-state index is -0.249. The molecule has 2 rings (SSSR count). The molecule has 1 N–H and O–H groups in total. The summed E-state index contributed by atoms with van der Waals surface area (Å²) in [5.41, 5.74) is 0. The largest absolute Gasteiger partial charge is 0.303 e. The molecule has 90 valence electrons. The molecule has 0 aromatic carbocycles. The Labute approximate surface area is 96.4 Å². The first-order valence-corrected chi connectivity index (χ1v) is 6.29. The molecule has 1 unspecified atom stereocenters. The SMILES string of the molecule is CCC(CC)N1C(=O)CC(NC2CC2)C1=O. The van der Waals surface area contributed by atoms with Crippen LogP contribution in [0.15, 0.2) is 0 Å². The molecule has 2 aliphatic rings. The summed E-state index contributed by atoms with van der Waals surface area (Å²) in [6.45, 7) is 4.05. The first-order chi connectivity index (χ1) is 7.67. The van der Waals surface area contributed by atoms with Gasteiger partial charge >= 0.3 is 0 Å². The highest BCUT2D eigenvalue weighted by atomic mass is 16.2. The number of likely N-dealkylation sites (tertiary alicyclic amines) is 1. The van der Waals surface area contributed by atoms with Gasteiger partial charge in [-0.2, -0.15) is 0 Å². The predicted molar refractivity (Wildman–Crippen MR) is 60.8 cm³/mol. The number of amides is 2. The summed E-state index contributed by atoms with van der Waals surface area (Å²) in [4.78, 5) is 25.4. The summed E-state index contributed by atoms with van der Waals surface area (Å²) in [6.07, 6.45) is 4.34. The zero-order valence-electron chi connectivity index (χ0n) is 10.0. The molecule has 1 atom stereocenters. The van der Waals surface area contributed by atoms with Crippen molar-refractivity contribution >= 4 is 11.8 Å². The zero-order chi connectivity index (χ0) is 11.7. The number of imide groups is 1. The summed E-state index contributed by atoms with van der Waals surface area (Å²) in [5.74, 6) is -0.0116. The standard InChI is InChI=1S/C12H20N2O2/c1-3-9(4-2)14-11(15)7-10(12(14)16)13-8-5-6-8/h8-10,13H,3-7H2,1-2H3. The minimum absolute atomic E-state index is 0.00292. The summed E-state index contributed by atoms with van der Waals surface area (Å²) < 4.78 is 0. The van der Waals surface area contributed by atoms with Crippen LogP contribution in [0.5, 0.6) is 0 Å². The van der Waals surface area contributed by atoms with Crippen molar-refractivity contribution in [1.82, 2.24) is 10.2 Å². The Kier molecular flexibility index (Phi) is 3.28. The van der Waals surface area contributed by atoms with Crippen LogP contribution in [0.2, 0.25) is 0 Å². The number of rotatable bonds is 5. The van der Waals surface area contributed by atoms with Gasteiger partial charge in [0.1, 0.15) is 0 Å². The van der Waals surface area contributed by atoms with Gasteiger partial charge in [-0.05, 0) is 25.7 Å². The van der Waals surface area contributed by atoms with Gasteiger partial charge in [-0.1, -0.05) is 13.8 Å². The van der Waals surface area contributed by atoms with Gasteiger partial charge in [-0.3, -0.25) is 14.5 Å². The Hall–Kier alpha value is -0.900. The van der Waals surface area contributed by atoms with Crippen molar-refractivity contribution in [2.45, 2.75) is 64.1 Å². The summed E-state index contributed by atoms with van der Waals surface area (Å²) >= 11 is 0. The molecule has 1 saturated carbocycles. The monoisotopic (exact) mass is 224 g/mol. The Morgan fingerprint density at radius 3 is 2.44 bits per heavy atom. The van der Waals surface area contributed by atoms with E-state index in [2.05, 4.69) is 5.32 Å². The van der Waals surface area contributed by atoms with Gasteiger partial charge in [0.05, 0.1) is 12.5 Å². The molecule has 0 aromatic heterocycles. The van der Waals surface area contributed by atoms with Gasteiger partial charge in [-0.25, -0.2) is 0 Å². The lowest BCUT2D eigenvalue weighted by Crippen LogP contribution is -2.44. The third-order valence-electron chi connectivity index (χ3n) is 3.50. The van der Waals surface area contributed by atoms with Crippen LogP contribution in [0.25, 0.3) is 0 Å². The normalized spacial score (nSPS) is 25.9. The number of hydrogen-bond acceptors (Lipinski definition) is 3. The van der Waals surface area contributed by atoms with Crippen molar-refractivity contribution in [2.24, 2.45) is 0 Å². The third kappa shape index (κ3) is 2.12. The fraction of sp³-hybridized carbons (Fsp3) is 0.833. The van der Waals surface area contributed by atoms with Crippen molar-refractivity contribution in [3.05, 3.63) is 0 Å². The van der Waals surface area contributed by atoms with Crippen molar-refractivity contribution in [1.29, 1.82) is 0 Å². The molecule has 2 fully saturated rings. The minimum Gasteiger partial charge on any atom is -0.303 e. The zero-order valence-corrected chi connectivity index (χ0v) is 10.0. The van der Waals surface area contributed by atoms with E-state index < -0.39 is 0 Å². The molecular formula is C12H20N2O2. The lowest BCUT2D eigenvalue weighted by atomic mass is 10.1. The number of hydrogen-bond donors (Lipinski definition) is 1. The summed E-state index contributed by atoms with van der Waals surface area (Å²) in [5, 5.41) is 3.25. The third-order valence-corrected chi connectivity index (χ3v) is 3.50. The highest BCUT2D eigenvalue weighted by Crippen LogP contribution is 2.25. The Morgan fingerprint density at radius 2 is 1.94 bits per heavy atom. The van der Waals surface area contributed by atoms with E-state index in [0.29, 0.717) is 12.5 Å². The van der Waals surface area contributed by atoms with Crippen molar-refractivity contribution in [2.75, 3.05) is 0 Å². The smallest absolute Gasteiger partial charge is 0.247 e. The Morgan fingerprint density at radius 1 is 1.31 bits per heavy atom. The molecule has 1 aliphatic carbocycles. The van der Waals surface area contributed by atoms with Crippen molar-refractivity contribution in [3.63, 3.8) is 0 Å². The Balaban J connectivity index is 2.02. The van der Waals surface area contributed by atoms with Crippen LogP contribution in [0.1, 0.15) is 46.0 Å². The molecule has 4 nitrogen and oxygen atoms in total. The number of nitrogens with one attached hydrogen (secondary N) is 1. The van der Waals surface area contributed by atoms with Crippen LogP contribution in [-0.4, -0.2) is 34.8 Å². The molecular weight excluding hydrogens is 204 g/mol. The second kappa shape index (κ2) is 4.53. The van der Waals surface area contributed by atoms with Crippen molar-refractivity contribution in [3.8, 4) is 0 Å². The molecule has 0 aromatic rings. The second-order valence-corrected chi connectivity index (χ2v) is 4.77. The average molecular weight is 224 g/mol. The fourth-order valence-electron chi connectivity index (χ4n) is 2.35. The molecule has 4 heteroatoms. The van der Waals surface area contributed by atoms with Gasteiger partial charge in [0, 0.05) is 12.1 Å². The van der Waals surface area contributed by atoms with Gasteiger partial charge in [-0.15, -0.1) is 0 Å². The lowest BCUT2D eigenvalue weighted by molar-refractivity contribution is -0.141. The molecule has 0 spiro atoms. The Bertz CT molecular complexity index is 295. The maximum atomic E-state index is 12.1. The maximum Gasteiger partial charge on any atom is 0.247 e. The first-order valence-electron chi connectivity index (χ1n) is 6.29. The van der Waals surface area contributed by atoms with Crippen LogP contribution in [0.3, 0.4) is 0 Å². The van der Waals surface area contributed by atoms with Crippen LogP contribution in [0, 0.1) is 0 Å². The molecule has 1 aliphatic heterocycles. The van der Waals surface area contributed by atoms with E-state index in [1.54, 1.807) is 0 Å². The molecule has 0 bridgehead atoms. The molecule has 0 radical (unpaired) electrons. The summed E-state index contributed by atoms with van der Waals surface area (Å²) in [6, 6.07) is 0.315. The van der Waals surface area contributed by atoms with Crippen LogP contribution in [-0.2, 0) is 9.59 Å². The van der Waals surface area contributed by atoms with E-state index in [0.717, 1.165) is 25.7 Å². The van der Waals surface area contributed by atoms with E-state index in [1.165, 1.54) is 4.90 Å². The van der Waals surface area contributed by atoms with Gasteiger partial charge in [0.25, 0.3) is 0 Å².